The van der Waals surface area contributed by atoms with Crippen molar-refractivity contribution >= 4 is 35.2 Å². The number of methoxy groups -OCH3 is 1. The summed E-state index contributed by atoms with van der Waals surface area (Å²) in [6.07, 6.45) is 0.417. The van der Waals surface area contributed by atoms with Gasteiger partial charge in [-0.3, -0.25) is 9.59 Å². The number of amides is 2. The van der Waals surface area contributed by atoms with Gasteiger partial charge < -0.3 is 15.0 Å². The van der Waals surface area contributed by atoms with Crippen LogP contribution in [0.2, 0.25) is 5.02 Å². The minimum atomic E-state index is -0.663. The average Bonchev–Trinajstić information content (AvgIpc) is 2.86. The zero-order valence-electron chi connectivity index (χ0n) is 20.2. The van der Waals surface area contributed by atoms with Crippen LogP contribution in [-0.4, -0.2) is 41.7 Å². The molecule has 0 aliphatic carbocycles. The van der Waals surface area contributed by atoms with Crippen molar-refractivity contribution in [2.75, 3.05) is 12.9 Å². The van der Waals surface area contributed by atoms with Crippen LogP contribution in [0.4, 0.5) is 0 Å². The molecule has 0 bridgehead atoms. The fourth-order valence-electron chi connectivity index (χ4n) is 3.66. The van der Waals surface area contributed by atoms with Crippen LogP contribution in [0, 0.1) is 0 Å². The van der Waals surface area contributed by atoms with Crippen LogP contribution in [-0.2, 0) is 22.6 Å². The highest BCUT2D eigenvalue weighted by molar-refractivity contribution is 8.00. The van der Waals surface area contributed by atoms with Crippen molar-refractivity contribution in [1.29, 1.82) is 0 Å². The Hall–Kier alpha value is -2.96. The molecule has 0 aliphatic heterocycles. The number of ether oxygens (including phenoxy) is 1. The van der Waals surface area contributed by atoms with Gasteiger partial charge >= 0.3 is 0 Å². The fourth-order valence-corrected chi connectivity index (χ4v) is 4.57. The van der Waals surface area contributed by atoms with Crippen molar-refractivity contribution in [2.45, 2.75) is 43.8 Å². The first kappa shape index (κ1) is 26.6. The van der Waals surface area contributed by atoms with Crippen LogP contribution in [0.5, 0.6) is 5.75 Å². The molecule has 7 heteroatoms. The summed E-state index contributed by atoms with van der Waals surface area (Å²) in [6.45, 7) is 4.13. The summed E-state index contributed by atoms with van der Waals surface area (Å²) in [6, 6.07) is 24.0. The van der Waals surface area contributed by atoms with Gasteiger partial charge in [-0.1, -0.05) is 54.1 Å². The second kappa shape index (κ2) is 13.2. The maximum atomic E-state index is 13.6. The summed E-state index contributed by atoms with van der Waals surface area (Å²) in [5.41, 5.74) is 1.88. The Kier molecular flexibility index (Phi) is 10.1. The van der Waals surface area contributed by atoms with Gasteiger partial charge in [0.25, 0.3) is 0 Å². The Bertz CT molecular complexity index is 1110. The smallest absolute Gasteiger partial charge is 0.243 e. The molecular weight excluding hydrogens is 480 g/mol. The van der Waals surface area contributed by atoms with E-state index in [0.717, 1.165) is 16.0 Å². The predicted octanol–water partition coefficient (Wildman–Crippen LogP) is 5.61. The van der Waals surface area contributed by atoms with Gasteiger partial charge in [0.2, 0.25) is 11.8 Å². The average molecular weight is 511 g/mol. The number of nitrogens with zero attached hydrogens (tertiary/aromatic N) is 1. The van der Waals surface area contributed by atoms with E-state index in [1.54, 1.807) is 24.1 Å². The molecule has 0 heterocycles. The lowest BCUT2D eigenvalue weighted by Gasteiger charge is -2.32. The van der Waals surface area contributed by atoms with E-state index in [2.05, 4.69) is 5.32 Å². The van der Waals surface area contributed by atoms with Crippen LogP contribution in [0.1, 0.15) is 25.0 Å². The largest absolute Gasteiger partial charge is 0.497 e. The molecule has 1 unspecified atom stereocenters. The highest BCUT2D eigenvalue weighted by Crippen LogP contribution is 2.23. The number of nitrogens with one attached hydrogen (secondary N) is 1. The van der Waals surface area contributed by atoms with Gasteiger partial charge in [-0.25, -0.2) is 0 Å². The topological polar surface area (TPSA) is 58.6 Å². The minimum Gasteiger partial charge on any atom is -0.497 e. The molecule has 1 N–H and O–H groups in total. The molecule has 3 aromatic rings. The molecule has 0 radical (unpaired) electrons. The van der Waals surface area contributed by atoms with E-state index in [9.17, 15) is 9.59 Å². The Morgan fingerprint density at radius 1 is 0.971 bits per heavy atom. The lowest BCUT2D eigenvalue weighted by molar-refractivity contribution is -0.139. The summed E-state index contributed by atoms with van der Waals surface area (Å²) in [5, 5.41) is 3.65. The van der Waals surface area contributed by atoms with Crippen LogP contribution < -0.4 is 10.1 Å². The maximum Gasteiger partial charge on any atom is 0.243 e. The van der Waals surface area contributed by atoms with Gasteiger partial charge in [0.05, 0.1) is 12.9 Å². The molecule has 0 saturated carbocycles. The van der Waals surface area contributed by atoms with Gasteiger partial charge in [0.1, 0.15) is 11.8 Å². The summed E-state index contributed by atoms with van der Waals surface area (Å²) >= 11 is 7.42. The van der Waals surface area contributed by atoms with Crippen molar-refractivity contribution in [3.63, 3.8) is 0 Å². The molecule has 0 aromatic heterocycles. The van der Waals surface area contributed by atoms with Gasteiger partial charge in [0, 0.05) is 28.9 Å². The lowest BCUT2D eigenvalue weighted by Crippen LogP contribution is -2.52. The molecule has 0 saturated heterocycles. The first-order valence-corrected chi connectivity index (χ1v) is 12.9. The number of rotatable bonds is 11. The Morgan fingerprint density at radius 3 is 2.31 bits per heavy atom. The van der Waals surface area contributed by atoms with Gasteiger partial charge in [-0.05, 0) is 61.4 Å². The van der Waals surface area contributed by atoms with Crippen molar-refractivity contribution in [2.24, 2.45) is 0 Å². The molecular formula is C28H31ClN2O3S. The summed E-state index contributed by atoms with van der Waals surface area (Å²) in [4.78, 5) is 29.6. The van der Waals surface area contributed by atoms with E-state index >= 15 is 0 Å². The number of hydrogen-bond acceptors (Lipinski definition) is 4. The van der Waals surface area contributed by atoms with Crippen LogP contribution >= 0.6 is 23.4 Å². The van der Waals surface area contributed by atoms with Crippen LogP contribution in [0.25, 0.3) is 0 Å². The molecule has 1 atom stereocenters. The third kappa shape index (κ3) is 8.34. The van der Waals surface area contributed by atoms with E-state index in [4.69, 9.17) is 16.3 Å². The van der Waals surface area contributed by atoms with E-state index in [1.807, 2.05) is 80.6 Å². The number of halogens is 1. The van der Waals surface area contributed by atoms with Gasteiger partial charge in [-0.2, -0.15) is 0 Å². The molecule has 3 aromatic carbocycles. The zero-order chi connectivity index (χ0) is 25.2. The van der Waals surface area contributed by atoms with E-state index in [0.29, 0.717) is 23.7 Å². The quantitative estimate of drug-likeness (QED) is 0.341. The molecule has 5 nitrogen and oxygen atoms in total. The third-order valence-corrected chi connectivity index (χ3v) is 6.61. The van der Waals surface area contributed by atoms with E-state index in [-0.39, 0.29) is 23.6 Å². The number of carbonyl (C=O) groups is 2. The minimum absolute atomic E-state index is 0.0435. The maximum absolute atomic E-state index is 13.6. The van der Waals surface area contributed by atoms with Crippen LogP contribution in [0.3, 0.4) is 0 Å². The second-order valence-electron chi connectivity index (χ2n) is 8.48. The van der Waals surface area contributed by atoms with Crippen molar-refractivity contribution < 1.29 is 14.3 Å². The Labute approximate surface area is 216 Å². The van der Waals surface area contributed by atoms with Gasteiger partial charge in [0.15, 0.2) is 0 Å². The van der Waals surface area contributed by atoms with Crippen molar-refractivity contribution in [1.82, 2.24) is 10.2 Å². The van der Waals surface area contributed by atoms with Crippen molar-refractivity contribution in [3.8, 4) is 5.75 Å². The second-order valence-corrected chi connectivity index (χ2v) is 9.97. The number of carbonyl (C=O) groups excluding carboxylic acids is 2. The summed E-state index contributed by atoms with van der Waals surface area (Å²) < 4.78 is 5.37. The monoisotopic (exact) mass is 510 g/mol. The number of thioether (sulfide) groups is 1. The molecule has 0 aliphatic rings. The summed E-state index contributed by atoms with van der Waals surface area (Å²) in [5.74, 6) is 0.618. The molecule has 2 amide bonds. The standard InChI is InChI=1S/C28H31ClN2O3S/c1-20(2)30-28(33)26(17-21-8-5-4-6-9-21)31(18-22-10-7-11-24(16-22)34-3)27(32)19-35-25-14-12-23(29)13-15-25/h4-16,20,26H,17-19H2,1-3H3,(H,30,33). The predicted molar refractivity (Wildman–Crippen MR) is 143 cm³/mol. The third-order valence-electron chi connectivity index (χ3n) is 5.37. The number of hydrogen-bond donors (Lipinski definition) is 1. The Balaban J connectivity index is 1.91. The first-order chi connectivity index (χ1) is 16.9. The Morgan fingerprint density at radius 2 is 1.66 bits per heavy atom. The highest BCUT2D eigenvalue weighted by Gasteiger charge is 2.30. The summed E-state index contributed by atoms with van der Waals surface area (Å²) in [7, 11) is 1.61. The molecule has 0 fully saturated rings. The molecule has 0 spiro atoms. The van der Waals surface area contributed by atoms with Crippen LogP contribution in [0.15, 0.2) is 83.8 Å². The SMILES string of the molecule is COc1cccc(CN(C(=O)CSc2ccc(Cl)cc2)C(Cc2ccccc2)C(=O)NC(C)C)c1. The fraction of sp³-hybridized carbons (Fsp3) is 0.286. The first-order valence-electron chi connectivity index (χ1n) is 11.5. The molecule has 3 rings (SSSR count). The van der Waals surface area contributed by atoms with E-state index in [1.165, 1.54) is 11.8 Å². The lowest BCUT2D eigenvalue weighted by atomic mass is 10.0. The van der Waals surface area contributed by atoms with Gasteiger partial charge in [-0.15, -0.1) is 11.8 Å². The number of benzene rings is 3. The molecule has 35 heavy (non-hydrogen) atoms. The normalized spacial score (nSPS) is 11.7. The molecule has 184 valence electrons. The zero-order valence-corrected chi connectivity index (χ0v) is 21.8. The van der Waals surface area contributed by atoms with E-state index < -0.39 is 6.04 Å². The highest BCUT2D eigenvalue weighted by atomic mass is 35.5. The van der Waals surface area contributed by atoms with Crippen molar-refractivity contribution in [3.05, 3.63) is 95.0 Å².